The first-order valence-corrected chi connectivity index (χ1v) is 8.21. The van der Waals surface area contributed by atoms with Crippen molar-refractivity contribution < 1.29 is 18.3 Å². The van der Waals surface area contributed by atoms with Gasteiger partial charge in [0.2, 0.25) is 0 Å². The molecule has 0 bridgehead atoms. The second-order valence-corrected chi connectivity index (χ2v) is 7.36. The number of carbonyl (C=O) groups is 1. The van der Waals surface area contributed by atoms with Crippen molar-refractivity contribution >= 4 is 15.8 Å². The average molecular weight is 282 g/mol. The Kier molecular flexibility index (Phi) is 4.24. The summed E-state index contributed by atoms with van der Waals surface area (Å²) in [7, 11) is -3.33. The Balaban J connectivity index is 2.20. The van der Waals surface area contributed by atoms with E-state index >= 15 is 0 Å². The molecule has 1 saturated carbocycles. The van der Waals surface area contributed by atoms with Gasteiger partial charge < -0.3 is 5.11 Å². The Labute approximate surface area is 113 Å². The van der Waals surface area contributed by atoms with Crippen molar-refractivity contribution in [2.24, 2.45) is 0 Å². The summed E-state index contributed by atoms with van der Waals surface area (Å²) in [6.07, 6.45) is 3.19. The molecule has 0 radical (unpaired) electrons. The zero-order chi connectivity index (χ0) is 13.9. The number of hydrogen-bond donors (Lipinski definition) is 1. The summed E-state index contributed by atoms with van der Waals surface area (Å²) in [5, 5.41) is 8.92. The number of rotatable bonds is 5. The fourth-order valence-corrected chi connectivity index (χ4v) is 4.73. The van der Waals surface area contributed by atoms with Gasteiger partial charge in [-0.1, -0.05) is 43.2 Å². The van der Waals surface area contributed by atoms with Gasteiger partial charge >= 0.3 is 5.97 Å². The molecule has 1 unspecified atom stereocenters. The van der Waals surface area contributed by atoms with Crippen LogP contribution in [0.15, 0.2) is 30.3 Å². The van der Waals surface area contributed by atoms with Crippen molar-refractivity contribution in [3.05, 3.63) is 35.9 Å². The first-order valence-electron chi connectivity index (χ1n) is 6.50. The maximum Gasteiger partial charge on any atom is 0.312 e. The predicted octanol–water partition coefficient (Wildman–Crippen LogP) is 2.21. The van der Waals surface area contributed by atoms with Crippen molar-refractivity contribution in [2.75, 3.05) is 5.75 Å². The zero-order valence-electron chi connectivity index (χ0n) is 10.7. The molecule has 19 heavy (non-hydrogen) atoms. The minimum atomic E-state index is -3.33. The minimum Gasteiger partial charge on any atom is -0.481 e. The number of sulfone groups is 1. The Hall–Kier alpha value is -1.36. The summed E-state index contributed by atoms with van der Waals surface area (Å²) >= 11 is 0. The third kappa shape index (κ3) is 3.35. The molecule has 0 amide bonds. The van der Waals surface area contributed by atoms with Crippen LogP contribution in [-0.2, 0) is 14.6 Å². The highest BCUT2D eigenvalue weighted by Gasteiger charge is 2.34. The van der Waals surface area contributed by atoms with Gasteiger partial charge in [-0.3, -0.25) is 4.79 Å². The molecule has 0 saturated heterocycles. The number of benzene rings is 1. The quantitative estimate of drug-likeness (QED) is 0.898. The lowest BCUT2D eigenvalue weighted by Gasteiger charge is -2.16. The molecule has 1 aliphatic rings. The van der Waals surface area contributed by atoms with Crippen molar-refractivity contribution in [1.82, 2.24) is 0 Å². The van der Waals surface area contributed by atoms with E-state index in [0.717, 1.165) is 12.8 Å². The third-order valence-corrected chi connectivity index (χ3v) is 5.99. The third-order valence-electron chi connectivity index (χ3n) is 3.71. The van der Waals surface area contributed by atoms with E-state index in [1.54, 1.807) is 30.3 Å². The lowest BCUT2D eigenvalue weighted by atomic mass is 10.0. The Morgan fingerprint density at radius 3 is 2.32 bits per heavy atom. The molecule has 104 valence electrons. The van der Waals surface area contributed by atoms with Crippen molar-refractivity contribution in [3.63, 3.8) is 0 Å². The maximum atomic E-state index is 12.3. The fraction of sp³-hybridized carbons (Fsp3) is 0.500. The highest BCUT2D eigenvalue weighted by molar-refractivity contribution is 7.92. The van der Waals surface area contributed by atoms with Crippen LogP contribution in [0.1, 0.15) is 37.2 Å². The van der Waals surface area contributed by atoms with E-state index in [2.05, 4.69) is 0 Å². The number of carboxylic acid groups (broad SMARTS) is 1. The van der Waals surface area contributed by atoms with Gasteiger partial charge in [-0.05, 0) is 18.4 Å². The Morgan fingerprint density at radius 2 is 1.79 bits per heavy atom. The first-order chi connectivity index (χ1) is 9.00. The van der Waals surface area contributed by atoms with Crippen LogP contribution in [0.3, 0.4) is 0 Å². The summed E-state index contributed by atoms with van der Waals surface area (Å²) < 4.78 is 24.5. The molecule has 1 aliphatic carbocycles. The standard InChI is InChI=1S/C14H18O4S/c15-14(16)13(11-6-2-1-3-7-11)10-19(17,18)12-8-4-5-9-12/h1-3,6-7,12-13H,4-5,8-10H2,(H,15,16). The van der Waals surface area contributed by atoms with Gasteiger partial charge in [0.05, 0.1) is 16.9 Å². The lowest BCUT2D eigenvalue weighted by Crippen LogP contribution is -2.28. The molecule has 4 nitrogen and oxygen atoms in total. The predicted molar refractivity (Wildman–Crippen MR) is 72.9 cm³/mol. The Bertz CT molecular complexity index is 530. The molecule has 0 aliphatic heterocycles. The van der Waals surface area contributed by atoms with Crippen molar-refractivity contribution in [2.45, 2.75) is 36.9 Å². The first kappa shape index (κ1) is 14.1. The number of hydrogen-bond acceptors (Lipinski definition) is 3. The molecule has 1 N–H and O–H groups in total. The summed E-state index contributed by atoms with van der Waals surface area (Å²) in [4.78, 5) is 11.3. The van der Waals surface area contributed by atoms with E-state index in [4.69, 9.17) is 0 Å². The van der Waals surface area contributed by atoms with Gasteiger partial charge in [-0.15, -0.1) is 0 Å². The molecular formula is C14H18O4S. The van der Waals surface area contributed by atoms with Crippen LogP contribution in [0.25, 0.3) is 0 Å². The molecule has 0 heterocycles. The molecule has 1 atom stereocenters. The number of carboxylic acids is 1. The van der Waals surface area contributed by atoms with Gasteiger partial charge in [-0.2, -0.15) is 0 Å². The molecule has 0 spiro atoms. The van der Waals surface area contributed by atoms with Crippen LogP contribution in [0.5, 0.6) is 0 Å². The van der Waals surface area contributed by atoms with Crippen LogP contribution in [0.2, 0.25) is 0 Å². The van der Waals surface area contributed by atoms with E-state index in [0.29, 0.717) is 18.4 Å². The summed E-state index contributed by atoms with van der Waals surface area (Å²) in [6.45, 7) is 0. The zero-order valence-corrected chi connectivity index (χ0v) is 11.5. The monoisotopic (exact) mass is 282 g/mol. The molecule has 1 aromatic carbocycles. The second-order valence-electron chi connectivity index (χ2n) is 5.04. The summed E-state index contributed by atoms with van der Waals surface area (Å²) in [5.74, 6) is -2.34. The van der Waals surface area contributed by atoms with Gasteiger partial charge in [0, 0.05) is 0 Å². The lowest BCUT2D eigenvalue weighted by molar-refractivity contribution is -0.138. The average Bonchev–Trinajstić information content (AvgIpc) is 2.91. The van der Waals surface area contributed by atoms with E-state index in [-0.39, 0.29) is 11.0 Å². The van der Waals surface area contributed by atoms with E-state index in [1.165, 1.54) is 0 Å². The molecular weight excluding hydrogens is 264 g/mol. The van der Waals surface area contributed by atoms with Crippen LogP contribution >= 0.6 is 0 Å². The second kappa shape index (κ2) is 5.74. The van der Waals surface area contributed by atoms with E-state index < -0.39 is 21.7 Å². The van der Waals surface area contributed by atoms with Crippen LogP contribution in [-0.4, -0.2) is 30.5 Å². The van der Waals surface area contributed by atoms with Crippen molar-refractivity contribution in [3.8, 4) is 0 Å². The normalized spacial score (nSPS) is 18.3. The smallest absolute Gasteiger partial charge is 0.312 e. The molecule has 0 aromatic heterocycles. The van der Waals surface area contributed by atoms with Gasteiger partial charge in [-0.25, -0.2) is 8.42 Å². The van der Waals surface area contributed by atoms with Crippen molar-refractivity contribution in [1.29, 1.82) is 0 Å². The largest absolute Gasteiger partial charge is 0.481 e. The maximum absolute atomic E-state index is 12.3. The Morgan fingerprint density at radius 1 is 1.21 bits per heavy atom. The molecule has 5 heteroatoms. The van der Waals surface area contributed by atoms with Crippen LogP contribution in [0.4, 0.5) is 0 Å². The molecule has 2 rings (SSSR count). The van der Waals surface area contributed by atoms with Gasteiger partial charge in [0.25, 0.3) is 0 Å². The highest BCUT2D eigenvalue weighted by atomic mass is 32.2. The molecule has 1 aromatic rings. The summed E-state index contributed by atoms with van der Waals surface area (Å²) in [5.41, 5.74) is 0.552. The van der Waals surface area contributed by atoms with Gasteiger partial charge in [0.15, 0.2) is 9.84 Å². The minimum absolute atomic E-state index is 0.295. The fourth-order valence-electron chi connectivity index (χ4n) is 2.61. The molecule has 1 fully saturated rings. The number of aliphatic carboxylic acids is 1. The van der Waals surface area contributed by atoms with E-state index in [1.807, 2.05) is 0 Å². The highest BCUT2D eigenvalue weighted by Crippen LogP contribution is 2.28. The van der Waals surface area contributed by atoms with E-state index in [9.17, 15) is 18.3 Å². The SMILES string of the molecule is O=C(O)C(CS(=O)(=O)C1CCCC1)c1ccccc1. The topological polar surface area (TPSA) is 71.4 Å². The van der Waals surface area contributed by atoms with Crippen LogP contribution in [0, 0.1) is 0 Å². The van der Waals surface area contributed by atoms with Gasteiger partial charge in [0.1, 0.15) is 0 Å². The van der Waals surface area contributed by atoms with Crippen LogP contribution < -0.4 is 0 Å². The summed E-state index contributed by atoms with van der Waals surface area (Å²) in [6, 6.07) is 8.58.